The molecule has 0 saturated heterocycles. The second-order valence-corrected chi connectivity index (χ2v) is 5.63. The number of rotatable bonds is 4. The first kappa shape index (κ1) is 12.4. The van der Waals surface area contributed by atoms with Gasteiger partial charge in [-0.3, -0.25) is 0 Å². The van der Waals surface area contributed by atoms with Crippen molar-refractivity contribution in [1.29, 1.82) is 0 Å². The highest BCUT2D eigenvalue weighted by atomic mass is 32.2. The van der Waals surface area contributed by atoms with E-state index in [2.05, 4.69) is 5.18 Å². The van der Waals surface area contributed by atoms with Crippen LogP contribution >= 0.6 is 0 Å². The Balaban J connectivity index is 2.58. The average molecular weight is 261 g/mol. The predicted octanol–water partition coefficient (Wildman–Crippen LogP) is 2.79. The van der Waals surface area contributed by atoms with Crippen LogP contribution in [0.3, 0.4) is 0 Å². The van der Waals surface area contributed by atoms with Gasteiger partial charge in [-0.25, -0.2) is 8.42 Å². The summed E-state index contributed by atoms with van der Waals surface area (Å²) in [5, 5.41) is 2.76. The fraction of sp³-hybridized carbons (Fsp3) is 0.0769. The molecule has 5 heteroatoms. The smallest absolute Gasteiger partial charge is 0.206 e. The van der Waals surface area contributed by atoms with Gasteiger partial charge in [0.1, 0.15) is 6.54 Å². The van der Waals surface area contributed by atoms with Gasteiger partial charge >= 0.3 is 0 Å². The van der Waals surface area contributed by atoms with Crippen molar-refractivity contribution in [3.63, 3.8) is 0 Å². The summed E-state index contributed by atoms with van der Waals surface area (Å²) in [5.41, 5.74) is 0.413. The van der Waals surface area contributed by atoms with Crippen molar-refractivity contribution < 1.29 is 8.42 Å². The monoisotopic (exact) mass is 261 g/mol. The average Bonchev–Trinajstić information content (AvgIpc) is 2.41. The Morgan fingerprint density at radius 2 is 1.50 bits per heavy atom. The van der Waals surface area contributed by atoms with Crippen molar-refractivity contribution in [3.8, 4) is 0 Å². The van der Waals surface area contributed by atoms with E-state index in [0.29, 0.717) is 5.56 Å². The summed E-state index contributed by atoms with van der Waals surface area (Å²) in [6.45, 7) is -0.151. The Morgan fingerprint density at radius 3 is 2.17 bits per heavy atom. The largest absolute Gasteiger partial charge is 0.219 e. The van der Waals surface area contributed by atoms with E-state index in [4.69, 9.17) is 0 Å². The van der Waals surface area contributed by atoms with Gasteiger partial charge in [-0.2, -0.15) is 4.91 Å². The Labute approximate surface area is 105 Å². The first-order valence-electron chi connectivity index (χ1n) is 5.33. The van der Waals surface area contributed by atoms with E-state index in [0.717, 1.165) is 0 Å². The van der Waals surface area contributed by atoms with Crippen LogP contribution in [0, 0.1) is 4.91 Å². The molecule has 0 aliphatic carbocycles. The van der Waals surface area contributed by atoms with Gasteiger partial charge in [0.15, 0.2) is 0 Å². The van der Waals surface area contributed by atoms with E-state index in [-0.39, 0.29) is 16.3 Å². The molecule has 4 nitrogen and oxygen atoms in total. The van der Waals surface area contributed by atoms with Crippen molar-refractivity contribution in [3.05, 3.63) is 65.1 Å². The SMILES string of the molecule is O=NCc1ccccc1S(=O)(=O)c1ccccc1. The molecule has 0 heterocycles. The maximum atomic E-state index is 12.4. The Hall–Kier alpha value is -2.01. The maximum Gasteiger partial charge on any atom is 0.206 e. The van der Waals surface area contributed by atoms with Gasteiger partial charge in [0.25, 0.3) is 0 Å². The number of hydrogen-bond donors (Lipinski definition) is 0. The zero-order valence-electron chi connectivity index (χ0n) is 9.48. The van der Waals surface area contributed by atoms with Gasteiger partial charge in [-0.15, -0.1) is 0 Å². The summed E-state index contributed by atoms with van der Waals surface area (Å²) in [6.07, 6.45) is 0. The van der Waals surface area contributed by atoms with E-state index >= 15 is 0 Å². The van der Waals surface area contributed by atoms with Crippen molar-refractivity contribution in [2.45, 2.75) is 16.3 Å². The third-order valence-electron chi connectivity index (χ3n) is 2.55. The highest BCUT2D eigenvalue weighted by Gasteiger charge is 2.20. The molecule has 2 aromatic carbocycles. The van der Waals surface area contributed by atoms with Gasteiger partial charge < -0.3 is 0 Å². The van der Waals surface area contributed by atoms with Crippen LogP contribution in [0.2, 0.25) is 0 Å². The van der Waals surface area contributed by atoms with E-state index in [1.165, 1.54) is 18.2 Å². The predicted molar refractivity (Wildman–Crippen MR) is 67.8 cm³/mol. The number of hydrogen-bond acceptors (Lipinski definition) is 4. The second kappa shape index (κ2) is 5.10. The molecule has 0 aromatic heterocycles. The minimum Gasteiger partial charge on any atom is -0.219 e. The quantitative estimate of drug-likeness (QED) is 0.795. The lowest BCUT2D eigenvalue weighted by atomic mass is 10.2. The van der Waals surface area contributed by atoms with E-state index < -0.39 is 9.84 Å². The van der Waals surface area contributed by atoms with Crippen molar-refractivity contribution in [2.24, 2.45) is 5.18 Å². The van der Waals surface area contributed by atoms with Gasteiger partial charge in [-0.1, -0.05) is 41.6 Å². The molecule has 0 N–H and O–H groups in total. The maximum absolute atomic E-state index is 12.4. The molecule has 18 heavy (non-hydrogen) atoms. The molecule has 0 saturated carbocycles. The van der Waals surface area contributed by atoms with E-state index in [1.54, 1.807) is 36.4 Å². The van der Waals surface area contributed by atoms with Crippen molar-refractivity contribution in [2.75, 3.05) is 0 Å². The minimum absolute atomic E-state index is 0.135. The zero-order chi connectivity index (χ0) is 13.0. The second-order valence-electron chi connectivity index (χ2n) is 3.71. The molecule has 0 bridgehead atoms. The van der Waals surface area contributed by atoms with Crippen molar-refractivity contribution in [1.82, 2.24) is 0 Å². The van der Waals surface area contributed by atoms with Gasteiger partial charge in [0, 0.05) is 0 Å². The van der Waals surface area contributed by atoms with Gasteiger partial charge in [0.2, 0.25) is 9.84 Å². The molecular formula is C13H11NO3S. The third kappa shape index (κ3) is 2.31. The number of nitrogens with zero attached hydrogens (tertiary/aromatic N) is 1. The summed E-state index contributed by atoms with van der Waals surface area (Å²) in [5.74, 6) is 0. The normalized spacial score (nSPS) is 11.1. The topological polar surface area (TPSA) is 63.6 Å². The molecule has 0 fully saturated rings. The molecule has 2 aromatic rings. The zero-order valence-corrected chi connectivity index (χ0v) is 10.3. The molecule has 0 atom stereocenters. The summed E-state index contributed by atoms with van der Waals surface area (Å²) in [4.78, 5) is 10.7. The molecule has 0 radical (unpaired) electrons. The van der Waals surface area contributed by atoms with Gasteiger partial charge in [0.05, 0.1) is 9.79 Å². The third-order valence-corrected chi connectivity index (χ3v) is 4.42. The van der Waals surface area contributed by atoms with Crippen LogP contribution < -0.4 is 0 Å². The number of nitroso groups, excluding NO2 is 1. The van der Waals surface area contributed by atoms with Crippen LogP contribution in [-0.4, -0.2) is 8.42 Å². The Morgan fingerprint density at radius 1 is 0.889 bits per heavy atom. The van der Waals surface area contributed by atoms with Crippen LogP contribution in [0.15, 0.2) is 69.6 Å². The van der Waals surface area contributed by atoms with Crippen LogP contribution in [0.25, 0.3) is 0 Å². The van der Waals surface area contributed by atoms with Crippen LogP contribution in [-0.2, 0) is 16.4 Å². The molecule has 0 unspecified atom stereocenters. The fourth-order valence-corrected chi connectivity index (χ4v) is 3.20. The summed E-state index contributed by atoms with van der Waals surface area (Å²) in [7, 11) is -3.59. The number of sulfone groups is 1. The highest BCUT2D eigenvalue weighted by molar-refractivity contribution is 7.91. The van der Waals surface area contributed by atoms with Crippen LogP contribution in [0.1, 0.15) is 5.56 Å². The van der Waals surface area contributed by atoms with Crippen LogP contribution in [0.4, 0.5) is 0 Å². The molecule has 92 valence electrons. The lowest BCUT2D eigenvalue weighted by Gasteiger charge is -2.08. The van der Waals surface area contributed by atoms with Gasteiger partial charge in [-0.05, 0) is 23.8 Å². The number of benzene rings is 2. The molecular weight excluding hydrogens is 250 g/mol. The molecule has 0 aliphatic heterocycles. The Kier molecular flexibility index (Phi) is 3.53. The van der Waals surface area contributed by atoms with E-state index in [9.17, 15) is 13.3 Å². The minimum atomic E-state index is -3.59. The Bertz CT molecular complexity index is 651. The standard InChI is InChI=1S/C13H11NO3S/c15-14-10-11-6-4-5-9-13(11)18(16,17)12-7-2-1-3-8-12/h1-9H,10H2. The lowest BCUT2D eigenvalue weighted by molar-refractivity contribution is 0.595. The summed E-state index contributed by atoms with van der Waals surface area (Å²) >= 11 is 0. The highest BCUT2D eigenvalue weighted by Crippen LogP contribution is 2.24. The summed E-state index contributed by atoms with van der Waals surface area (Å²) < 4.78 is 24.8. The first-order valence-corrected chi connectivity index (χ1v) is 6.82. The fourth-order valence-electron chi connectivity index (χ4n) is 1.69. The first-order chi connectivity index (χ1) is 8.66. The molecule has 0 amide bonds. The van der Waals surface area contributed by atoms with Crippen LogP contribution in [0.5, 0.6) is 0 Å². The molecule has 2 rings (SSSR count). The lowest BCUT2D eigenvalue weighted by Crippen LogP contribution is -2.05. The molecule has 0 aliphatic rings. The molecule has 0 spiro atoms. The van der Waals surface area contributed by atoms with Crippen molar-refractivity contribution >= 4 is 9.84 Å². The summed E-state index contributed by atoms with van der Waals surface area (Å²) in [6, 6.07) is 14.5. The van der Waals surface area contributed by atoms with E-state index in [1.807, 2.05) is 0 Å².